The first-order chi connectivity index (χ1) is 11.9. The fraction of sp³-hybridized carbons (Fsp3) is 0.632. The number of esters is 1. The van der Waals surface area contributed by atoms with Gasteiger partial charge in [-0.3, -0.25) is 9.35 Å². The fourth-order valence-corrected chi connectivity index (χ4v) is 3.10. The van der Waals surface area contributed by atoms with Gasteiger partial charge in [0.05, 0.1) is 7.11 Å². The molecule has 0 spiro atoms. The van der Waals surface area contributed by atoms with Gasteiger partial charge in [0.15, 0.2) is 5.25 Å². The molecule has 0 aliphatic heterocycles. The summed E-state index contributed by atoms with van der Waals surface area (Å²) in [6.45, 7) is 2.12. The van der Waals surface area contributed by atoms with E-state index in [-0.39, 0.29) is 6.42 Å². The fourth-order valence-electron chi connectivity index (χ4n) is 2.29. The van der Waals surface area contributed by atoms with Gasteiger partial charge in [-0.1, -0.05) is 62.6 Å². The van der Waals surface area contributed by atoms with E-state index < -0.39 is 21.3 Å². The van der Waals surface area contributed by atoms with Crippen molar-refractivity contribution >= 4 is 16.1 Å². The van der Waals surface area contributed by atoms with Gasteiger partial charge in [-0.2, -0.15) is 8.42 Å². The maximum absolute atomic E-state index is 11.3. The molecule has 6 heteroatoms. The molecule has 0 aliphatic carbocycles. The van der Waals surface area contributed by atoms with E-state index in [2.05, 4.69) is 48.1 Å². The van der Waals surface area contributed by atoms with Crippen molar-refractivity contribution in [1.29, 1.82) is 0 Å². The van der Waals surface area contributed by atoms with Crippen LogP contribution in [0.4, 0.5) is 0 Å². The predicted octanol–water partition coefficient (Wildman–Crippen LogP) is 4.62. The lowest BCUT2D eigenvalue weighted by Gasteiger charge is -2.10. The van der Waals surface area contributed by atoms with Crippen LogP contribution in [0.15, 0.2) is 36.5 Å². The van der Waals surface area contributed by atoms with Gasteiger partial charge in [-0.05, 0) is 38.5 Å². The molecule has 0 radical (unpaired) electrons. The summed E-state index contributed by atoms with van der Waals surface area (Å²) in [6.07, 6.45) is 20.4. The normalized spacial score (nSPS) is 13.9. The van der Waals surface area contributed by atoms with E-state index in [4.69, 9.17) is 4.55 Å². The van der Waals surface area contributed by atoms with Crippen LogP contribution < -0.4 is 0 Å². The summed E-state index contributed by atoms with van der Waals surface area (Å²) < 4.78 is 35.7. The number of carbonyl (C=O) groups excluding carboxylic acids is 1. The zero-order chi connectivity index (χ0) is 19.0. The monoisotopic (exact) mass is 372 g/mol. The third kappa shape index (κ3) is 13.6. The molecule has 0 rings (SSSR count). The summed E-state index contributed by atoms with van der Waals surface area (Å²) >= 11 is 0. The molecule has 0 aliphatic rings. The molecule has 0 fully saturated rings. The number of hydrogen-bond acceptors (Lipinski definition) is 4. The van der Waals surface area contributed by atoms with Gasteiger partial charge < -0.3 is 4.74 Å². The van der Waals surface area contributed by atoms with E-state index in [0.29, 0.717) is 6.42 Å². The lowest BCUT2D eigenvalue weighted by atomic mass is 10.1. The van der Waals surface area contributed by atoms with E-state index in [1.54, 1.807) is 0 Å². The molecule has 0 amide bonds. The molecule has 25 heavy (non-hydrogen) atoms. The van der Waals surface area contributed by atoms with Crippen molar-refractivity contribution in [2.75, 3.05) is 7.11 Å². The highest BCUT2D eigenvalue weighted by Gasteiger charge is 2.31. The van der Waals surface area contributed by atoms with Gasteiger partial charge in [0.25, 0.3) is 10.1 Å². The number of allylic oxidation sites excluding steroid dienone is 6. The Morgan fingerprint density at radius 2 is 1.52 bits per heavy atom. The quantitative estimate of drug-likeness (QED) is 0.208. The maximum Gasteiger partial charge on any atom is 0.326 e. The third-order valence-electron chi connectivity index (χ3n) is 3.69. The van der Waals surface area contributed by atoms with Crippen LogP contribution in [0.2, 0.25) is 0 Å². The summed E-state index contributed by atoms with van der Waals surface area (Å²) in [7, 11) is -3.28. The number of rotatable bonds is 14. The second kappa shape index (κ2) is 14.9. The Hall–Kier alpha value is -1.40. The molecule has 1 N–H and O–H groups in total. The Morgan fingerprint density at radius 3 is 2.08 bits per heavy atom. The average molecular weight is 373 g/mol. The molecule has 0 saturated heterocycles. The van der Waals surface area contributed by atoms with Gasteiger partial charge in [-0.15, -0.1) is 0 Å². The SMILES string of the molecule is CC/C=C\C/C=C\C/C=C\CCCCCCC(C(=O)OC)S(=O)(=O)O. The van der Waals surface area contributed by atoms with Gasteiger partial charge in [0, 0.05) is 0 Å². The number of ether oxygens (including phenoxy) is 1. The van der Waals surface area contributed by atoms with Gasteiger partial charge in [0.1, 0.15) is 0 Å². The first kappa shape index (κ1) is 23.6. The maximum atomic E-state index is 11.3. The Balaban J connectivity index is 3.74. The number of carbonyl (C=O) groups is 1. The molecule has 1 unspecified atom stereocenters. The molecule has 0 saturated carbocycles. The standard InChI is InChI=1S/C19H32O5S/c1-3-4-5-6-7-8-9-10-11-12-13-14-15-16-17-18(19(20)24-2)25(21,22)23/h4-5,7-8,10-11,18H,3,6,9,12-17H2,1-2H3,(H,21,22,23)/b5-4-,8-7-,11-10-. The van der Waals surface area contributed by atoms with Crippen molar-refractivity contribution in [1.82, 2.24) is 0 Å². The predicted molar refractivity (Wildman–Crippen MR) is 102 cm³/mol. The molecular formula is C19H32O5S. The van der Waals surface area contributed by atoms with Crippen LogP contribution in [0.25, 0.3) is 0 Å². The molecule has 144 valence electrons. The van der Waals surface area contributed by atoms with Crippen molar-refractivity contribution in [3.63, 3.8) is 0 Å². The van der Waals surface area contributed by atoms with Gasteiger partial charge >= 0.3 is 5.97 Å². The van der Waals surface area contributed by atoms with Crippen LogP contribution in [-0.2, 0) is 19.6 Å². The van der Waals surface area contributed by atoms with Crippen LogP contribution >= 0.6 is 0 Å². The van der Waals surface area contributed by atoms with E-state index >= 15 is 0 Å². The minimum absolute atomic E-state index is 0.0959. The molecule has 0 aromatic carbocycles. The Kier molecular flexibility index (Phi) is 14.1. The molecule has 0 bridgehead atoms. The summed E-state index contributed by atoms with van der Waals surface area (Å²) in [5, 5.41) is -1.46. The average Bonchev–Trinajstić information content (AvgIpc) is 2.56. The Bertz CT molecular complexity index is 532. The Labute approximate surface area is 152 Å². The number of hydrogen-bond donors (Lipinski definition) is 1. The van der Waals surface area contributed by atoms with Crippen LogP contribution in [0.5, 0.6) is 0 Å². The molecule has 0 aromatic heterocycles. The molecule has 5 nitrogen and oxygen atoms in total. The van der Waals surface area contributed by atoms with Crippen LogP contribution in [-0.4, -0.2) is 31.3 Å². The highest BCUT2D eigenvalue weighted by molar-refractivity contribution is 7.87. The minimum atomic E-state index is -4.39. The summed E-state index contributed by atoms with van der Waals surface area (Å²) in [5.41, 5.74) is 0. The van der Waals surface area contributed by atoms with E-state index in [1.807, 2.05) is 0 Å². The second-order valence-corrected chi connectivity index (χ2v) is 7.41. The lowest BCUT2D eigenvalue weighted by molar-refractivity contribution is -0.140. The van der Waals surface area contributed by atoms with E-state index in [0.717, 1.165) is 52.1 Å². The summed E-state index contributed by atoms with van der Waals surface area (Å²) in [4.78, 5) is 11.3. The summed E-state index contributed by atoms with van der Waals surface area (Å²) in [6, 6.07) is 0. The van der Waals surface area contributed by atoms with Gasteiger partial charge in [0.2, 0.25) is 0 Å². The molecular weight excluding hydrogens is 340 g/mol. The van der Waals surface area contributed by atoms with Crippen LogP contribution in [0.3, 0.4) is 0 Å². The van der Waals surface area contributed by atoms with E-state index in [1.165, 1.54) is 0 Å². The van der Waals surface area contributed by atoms with Crippen LogP contribution in [0.1, 0.15) is 64.7 Å². The highest BCUT2D eigenvalue weighted by atomic mass is 32.2. The lowest BCUT2D eigenvalue weighted by Crippen LogP contribution is -2.30. The van der Waals surface area contributed by atoms with Crippen molar-refractivity contribution in [3.8, 4) is 0 Å². The zero-order valence-corrected chi connectivity index (χ0v) is 16.2. The first-order valence-corrected chi connectivity index (χ1v) is 10.4. The minimum Gasteiger partial charge on any atom is -0.468 e. The van der Waals surface area contributed by atoms with Crippen LogP contribution in [0, 0.1) is 0 Å². The third-order valence-corrected chi connectivity index (χ3v) is 4.84. The second-order valence-electron chi connectivity index (χ2n) is 5.81. The molecule has 0 heterocycles. The largest absolute Gasteiger partial charge is 0.468 e. The van der Waals surface area contributed by atoms with Crippen molar-refractivity contribution < 1.29 is 22.5 Å². The van der Waals surface area contributed by atoms with Crippen molar-refractivity contribution in [3.05, 3.63) is 36.5 Å². The Morgan fingerprint density at radius 1 is 0.960 bits per heavy atom. The van der Waals surface area contributed by atoms with Crippen molar-refractivity contribution in [2.24, 2.45) is 0 Å². The highest BCUT2D eigenvalue weighted by Crippen LogP contribution is 2.13. The molecule has 1 atom stereocenters. The smallest absolute Gasteiger partial charge is 0.326 e. The van der Waals surface area contributed by atoms with Crippen molar-refractivity contribution in [2.45, 2.75) is 70.0 Å². The van der Waals surface area contributed by atoms with Gasteiger partial charge in [-0.25, -0.2) is 0 Å². The first-order valence-electron chi connectivity index (χ1n) is 8.92. The van der Waals surface area contributed by atoms with E-state index in [9.17, 15) is 13.2 Å². The zero-order valence-electron chi connectivity index (χ0n) is 15.4. The summed E-state index contributed by atoms with van der Waals surface area (Å²) in [5.74, 6) is -0.899. The molecule has 0 aromatic rings. The number of methoxy groups -OCH3 is 1. The topological polar surface area (TPSA) is 80.7 Å². The number of unbranched alkanes of at least 4 members (excludes halogenated alkanes) is 4.